The molecule has 0 radical (unpaired) electrons. The molecule has 0 saturated carbocycles. The van der Waals surface area contributed by atoms with Gasteiger partial charge in [-0.3, -0.25) is 14.5 Å². The van der Waals surface area contributed by atoms with E-state index in [9.17, 15) is 9.59 Å². The summed E-state index contributed by atoms with van der Waals surface area (Å²) in [5, 5.41) is 2.96. The number of benzene rings is 1. The first kappa shape index (κ1) is 17.7. The third kappa shape index (κ3) is 4.49. The van der Waals surface area contributed by atoms with Crippen LogP contribution in [-0.2, 0) is 14.3 Å². The molecule has 2 fully saturated rings. The van der Waals surface area contributed by atoms with Gasteiger partial charge in [-0.05, 0) is 24.3 Å². The molecule has 2 aliphatic rings. The SMILES string of the molecule is COc1ccc(N2C[C@H](C(=O)NCCN3CCOCC3)CC2=O)cc1. The molecule has 7 nitrogen and oxygen atoms in total. The van der Waals surface area contributed by atoms with Gasteiger partial charge in [0.1, 0.15) is 5.75 Å². The van der Waals surface area contributed by atoms with Crippen molar-refractivity contribution >= 4 is 17.5 Å². The van der Waals surface area contributed by atoms with Gasteiger partial charge in [-0.15, -0.1) is 0 Å². The summed E-state index contributed by atoms with van der Waals surface area (Å²) < 4.78 is 10.4. The van der Waals surface area contributed by atoms with Gasteiger partial charge in [0.05, 0.1) is 26.2 Å². The van der Waals surface area contributed by atoms with Crippen molar-refractivity contribution in [3.63, 3.8) is 0 Å². The Bertz CT molecular complexity index is 599. The minimum absolute atomic E-state index is 0.0153. The summed E-state index contributed by atoms with van der Waals surface area (Å²) in [6.07, 6.45) is 0.259. The number of carbonyl (C=O) groups is 2. The topological polar surface area (TPSA) is 71.1 Å². The highest BCUT2D eigenvalue weighted by molar-refractivity contribution is 6.00. The van der Waals surface area contributed by atoms with Gasteiger partial charge < -0.3 is 19.7 Å². The van der Waals surface area contributed by atoms with Crippen molar-refractivity contribution in [2.24, 2.45) is 5.92 Å². The summed E-state index contributed by atoms with van der Waals surface area (Å²) in [4.78, 5) is 28.6. The third-order valence-corrected chi connectivity index (χ3v) is 4.71. The molecule has 1 atom stereocenters. The largest absolute Gasteiger partial charge is 0.497 e. The van der Waals surface area contributed by atoms with Crippen LogP contribution in [0.1, 0.15) is 6.42 Å². The Hall–Kier alpha value is -2.12. The molecule has 2 amide bonds. The van der Waals surface area contributed by atoms with Crippen LogP contribution < -0.4 is 15.0 Å². The monoisotopic (exact) mass is 347 g/mol. The standard InChI is InChI=1S/C18H25N3O4/c1-24-16-4-2-15(3-5-16)21-13-14(12-17(21)22)18(23)19-6-7-20-8-10-25-11-9-20/h2-5,14H,6-13H2,1H3,(H,19,23)/t14-/m1/s1. The minimum Gasteiger partial charge on any atom is -0.497 e. The van der Waals surface area contributed by atoms with Crippen molar-refractivity contribution in [1.29, 1.82) is 0 Å². The molecule has 0 aromatic heterocycles. The number of nitrogens with zero attached hydrogens (tertiary/aromatic N) is 2. The molecule has 2 aliphatic heterocycles. The molecule has 136 valence electrons. The molecule has 1 N–H and O–H groups in total. The minimum atomic E-state index is -0.292. The Kier molecular flexibility index (Phi) is 5.88. The number of rotatable bonds is 6. The van der Waals surface area contributed by atoms with Crippen LogP contribution >= 0.6 is 0 Å². The molecule has 0 bridgehead atoms. The average molecular weight is 347 g/mol. The lowest BCUT2D eigenvalue weighted by atomic mass is 10.1. The molecular weight excluding hydrogens is 322 g/mol. The van der Waals surface area contributed by atoms with E-state index in [1.165, 1.54) is 0 Å². The fourth-order valence-corrected chi connectivity index (χ4v) is 3.20. The first-order chi connectivity index (χ1) is 12.2. The van der Waals surface area contributed by atoms with Crippen molar-refractivity contribution in [2.45, 2.75) is 6.42 Å². The fourth-order valence-electron chi connectivity index (χ4n) is 3.20. The van der Waals surface area contributed by atoms with Crippen molar-refractivity contribution in [3.05, 3.63) is 24.3 Å². The fraction of sp³-hybridized carbons (Fsp3) is 0.556. The molecule has 2 saturated heterocycles. The number of hydrogen-bond donors (Lipinski definition) is 1. The maximum absolute atomic E-state index is 12.4. The number of methoxy groups -OCH3 is 1. The van der Waals surface area contributed by atoms with Gasteiger partial charge in [-0.2, -0.15) is 0 Å². The van der Waals surface area contributed by atoms with E-state index in [0.29, 0.717) is 13.1 Å². The van der Waals surface area contributed by atoms with E-state index in [1.54, 1.807) is 12.0 Å². The summed E-state index contributed by atoms with van der Waals surface area (Å²) in [7, 11) is 1.60. The molecule has 7 heteroatoms. The van der Waals surface area contributed by atoms with Crippen molar-refractivity contribution in [3.8, 4) is 5.75 Å². The maximum Gasteiger partial charge on any atom is 0.227 e. The summed E-state index contributed by atoms with van der Waals surface area (Å²) in [5.41, 5.74) is 0.800. The van der Waals surface area contributed by atoms with Crippen LogP contribution in [0.15, 0.2) is 24.3 Å². The summed E-state index contributed by atoms with van der Waals surface area (Å²) in [6, 6.07) is 7.32. The zero-order valence-corrected chi connectivity index (χ0v) is 14.6. The summed E-state index contributed by atoms with van der Waals surface area (Å²) in [6.45, 7) is 5.16. The number of ether oxygens (including phenoxy) is 2. The van der Waals surface area contributed by atoms with E-state index in [0.717, 1.165) is 44.3 Å². The Morgan fingerprint density at radius 1 is 1.28 bits per heavy atom. The van der Waals surface area contributed by atoms with Gasteiger partial charge in [-0.1, -0.05) is 0 Å². The average Bonchev–Trinajstić information content (AvgIpc) is 3.04. The molecule has 2 heterocycles. The molecule has 0 unspecified atom stereocenters. The Morgan fingerprint density at radius 3 is 2.68 bits per heavy atom. The number of carbonyl (C=O) groups excluding carboxylic acids is 2. The number of hydrogen-bond acceptors (Lipinski definition) is 5. The van der Waals surface area contributed by atoms with Gasteiger partial charge in [0, 0.05) is 44.8 Å². The highest BCUT2D eigenvalue weighted by Gasteiger charge is 2.35. The van der Waals surface area contributed by atoms with E-state index in [-0.39, 0.29) is 24.2 Å². The van der Waals surface area contributed by atoms with Gasteiger partial charge in [0.25, 0.3) is 0 Å². The van der Waals surface area contributed by atoms with E-state index >= 15 is 0 Å². The first-order valence-corrected chi connectivity index (χ1v) is 8.69. The summed E-state index contributed by atoms with van der Waals surface area (Å²) >= 11 is 0. The number of nitrogens with one attached hydrogen (secondary N) is 1. The Morgan fingerprint density at radius 2 is 2.00 bits per heavy atom. The lowest BCUT2D eigenvalue weighted by molar-refractivity contribution is -0.126. The highest BCUT2D eigenvalue weighted by atomic mass is 16.5. The van der Waals surface area contributed by atoms with E-state index in [1.807, 2.05) is 24.3 Å². The van der Waals surface area contributed by atoms with Gasteiger partial charge >= 0.3 is 0 Å². The first-order valence-electron chi connectivity index (χ1n) is 8.69. The third-order valence-electron chi connectivity index (χ3n) is 4.71. The molecular formula is C18H25N3O4. The predicted octanol–water partition coefficient (Wildman–Crippen LogP) is 0.497. The quantitative estimate of drug-likeness (QED) is 0.811. The van der Waals surface area contributed by atoms with Crippen LogP contribution in [0.25, 0.3) is 0 Å². The molecule has 25 heavy (non-hydrogen) atoms. The Balaban J connectivity index is 1.48. The highest BCUT2D eigenvalue weighted by Crippen LogP contribution is 2.26. The van der Waals surface area contributed by atoms with Gasteiger partial charge in [0.15, 0.2) is 0 Å². The zero-order chi connectivity index (χ0) is 17.6. The van der Waals surface area contributed by atoms with E-state index < -0.39 is 0 Å². The van der Waals surface area contributed by atoms with Crippen LogP contribution in [0.5, 0.6) is 5.75 Å². The number of morpholine rings is 1. The van der Waals surface area contributed by atoms with E-state index in [4.69, 9.17) is 9.47 Å². The van der Waals surface area contributed by atoms with Crippen LogP contribution in [0, 0.1) is 5.92 Å². The zero-order valence-electron chi connectivity index (χ0n) is 14.6. The molecule has 0 spiro atoms. The van der Waals surface area contributed by atoms with Crippen LogP contribution in [0.3, 0.4) is 0 Å². The second-order valence-corrected chi connectivity index (χ2v) is 6.35. The van der Waals surface area contributed by atoms with Crippen LogP contribution in [-0.4, -0.2) is 69.8 Å². The lowest BCUT2D eigenvalue weighted by Crippen LogP contribution is -2.42. The lowest BCUT2D eigenvalue weighted by Gasteiger charge is -2.26. The predicted molar refractivity (Wildman–Crippen MR) is 93.7 cm³/mol. The van der Waals surface area contributed by atoms with Crippen molar-refractivity contribution in [2.75, 3.05) is 57.9 Å². The van der Waals surface area contributed by atoms with Crippen molar-refractivity contribution in [1.82, 2.24) is 10.2 Å². The molecule has 1 aromatic carbocycles. The van der Waals surface area contributed by atoms with Crippen molar-refractivity contribution < 1.29 is 19.1 Å². The maximum atomic E-state index is 12.4. The normalized spacial score (nSPS) is 21.4. The van der Waals surface area contributed by atoms with Gasteiger partial charge in [-0.25, -0.2) is 0 Å². The van der Waals surface area contributed by atoms with Crippen LogP contribution in [0.4, 0.5) is 5.69 Å². The van der Waals surface area contributed by atoms with Gasteiger partial charge in [0.2, 0.25) is 11.8 Å². The van der Waals surface area contributed by atoms with E-state index in [2.05, 4.69) is 10.2 Å². The smallest absolute Gasteiger partial charge is 0.227 e. The number of anilines is 1. The molecule has 3 rings (SSSR count). The second-order valence-electron chi connectivity index (χ2n) is 6.35. The Labute approximate surface area is 147 Å². The summed E-state index contributed by atoms with van der Waals surface area (Å²) in [5.74, 6) is 0.392. The number of amides is 2. The van der Waals surface area contributed by atoms with Crippen LogP contribution in [0.2, 0.25) is 0 Å². The second kappa shape index (κ2) is 8.31. The molecule has 0 aliphatic carbocycles. The molecule has 1 aromatic rings.